The van der Waals surface area contributed by atoms with Crippen LogP contribution in [0.25, 0.3) is 0 Å². The lowest BCUT2D eigenvalue weighted by Crippen LogP contribution is -2.17. The number of nitrogens with one attached hydrogen (secondary N) is 1. The summed E-state index contributed by atoms with van der Waals surface area (Å²) in [6.07, 6.45) is 0.957. The van der Waals surface area contributed by atoms with E-state index in [9.17, 15) is 4.39 Å². The molecule has 1 aliphatic rings. The quantitative estimate of drug-likeness (QED) is 0.659. The number of hydrogen-bond acceptors (Lipinski definition) is 2. The molecule has 0 amide bonds. The van der Waals surface area contributed by atoms with Crippen LogP contribution < -0.4 is 5.32 Å². The first-order chi connectivity index (χ1) is 10.1. The van der Waals surface area contributed by atoms with Crippen LogP contribution in [0.3, 0.4) is 0 Å². The zero-order chi connectivity index (χ0) is 15.0. The Hall–Kier alpha value is -0.710. The maximum atomic E-state index is 13.9. The lowest BCUT2D eigenvalue weighted by Gasteiger charge is -2.27. The highest BCUT2D eigenvalue weighted by Crippen LogP contribution is 2.40. The third-order valence-electron chi connectivity index (χ3n) is 3.60. The van der Waals surface area contributed by atoms with Crippen molar-refractivity contribution in [3.05, 3.63) is 56.8 Å². The van der Waals surface area contributed by atoms with Crippen molar-refractivity contribution in [1.29, 1.82) is 0 Å². The topological polar surface area (TPSA) is 12.0 Å². The molecule has 110 valence electrons. The van der Waals surface area contributed by atoms with Crippen LogP contribution >= 0.6 is 39.3 Å². The Morgan fingerprint density at radius 2 is 2.19 bits per heavy atom. The molecular formula is C16H14BrClFNS. The smallest absolute Gasteiger partial charge is 0.137 e. The van der Waals surface area contributed by atoms with Crippen molar-refractivity contribution < 1.29 is 4.39 Å². The fourth-order valence-electron chi connectivity index (χ4n) is 2.48. The van der Waals surface area contributed by atoms with E-state index in [1.807, 2.05) is 25.1 Å². The van der Waals surface area contributed by atoms with Crippen molar-refractivity contribution in [3.8, 4) is 0 Å². The average molecular weight is 387 g/mol. The molecule has 0 spiro atoms. The zero-order valence-corrected chi connectivity index (χ0v) is 14.6. The molecule has 0 bridgehead atoms. The van der Waals surface area contributed by atoms with Gasteiger partial charge < -0.3 is 5.32 Å². The first-order valence-corrected chi connectivity index (χ1v) is 8.85. The van der Waals surface area contributed by atoms with Gasteiger partial charge in [-0.15, -0.1) is 11.8 Å². The lowest BCUT2D eigenvalue weighted by molar-refractivity contribution is 0.585. The molecule has 1 atom stereocenters. The Kier molecular flexibility index (Phi) is 4.48. The molecule has 2 aromatic rings. The first-order valence-electron chi connectivity index (χ1n) is 6.69. The molecule has 2 aromatic carbocycles. The van der Waals surface area contributed by atoms with Crippen LogP contribution in [0.15, 0.2) is 39.7 Å². The monoisotopic (exact) mass is 385 g/mol. The van der Waals surface area contributed by atoms with Crippen LogP contribution in [0.4, 0.5) is 10.1 Å². The molecule has 0 saturated heterocycles. The summed E-state index contributed by atoms with van der Waals surface area (Å²) in [6, 6.07) is 9.30. The van der Waals surface area contributed by atoms with Gasteiger partial charge in [-0.25, -0.2) is 4.39 Å². The van der Waals surface area contributed by atoms with E-state index >= 15 is 0 Å². The van der Waals surface area contributed by atoms with E-state index in [-0.39, 0.29) is 11.9 Å². The molecular weight excluding hydrogens is 373 g/mol. The van der Waals surface area contributed by atoms with Gasteiger partial charge in [0.1, 0.15) is 5.82 Å². The van der Waals surface area contributed by atoms with Crippen LogP contribution in [-0.4, -0.2) is 5.75 Å². The summed E-state index contributed by atoms with van der Waals surface area (Å²) < 4.78 is 14.9. The van der Waals surface area contributed by atoms with Gasteiger partial charge in [0, 0.05) is 20.1 Å². The average Bonchev–Trinajstić information content (AvgIpc) is 2.46. The van der Waals surface area contributed by atoms with Crippen LogP contribution in [0.2, 0.25) is 5.02 Å². The molecule has 0 aliphatic carbocycles. The maximum Gasteiger partial charge on any atom is 0.137 e. The number of anilines is 1. The van der Waals surface area contributed by atoms with Crippen molar-refractivity contribution in [2.45, 2.75) is 24.3 Å². The Labute approximate surface area is 141 Å². The Balaban J connectivity index is 1.94. The van der Waals surface area contributed by atoms with E-state index in [2.05, 4.69) is 21.2 Å². The van der Waals surface area contributed by atoms with Gasteiger partial charge in [-0.1, -0.05) is 23.7 Å². The molecule has 1 heterocycles. The highest BCUT2D eigenvalue weighted by molar-refractivity contribution is 9.10. The predicted molar refractivity (Wildman–Crippen MR) is 92.0 cm³/mol. The summed E-state index contributed by atoms with van der Waals surface area (Å²) in [5, 5.41) is 4.22. The SMILES string of the molecule is Cc1cc(Br)c(NC2CCSc3c(F)cccc32)cc1Cl. The first kappa shape index (κ1) is 15.2. The predicted octanol–water partition coefficient (Wildman–Crippen LogP) is 6.20. The van der Waals surface area contributed by atoms with Gasteiger partial charge in [0.05, 0.1) is 11.7 Å². The standard InChI is InChI=1S/C16H14BrClFNS/c1-9-7-11(17)15(8-12(9)18)20-14-5-6-21-16-10(14)3-2-4-13(16)19/h2-4,7-8,14,20H,5-6H2,1H3. The van der Waals surface area contributed by atoms with Crippen LogP contribution in [0, 0.1) is 12.7 Å². The van der Waals surface area contributed by atoms with Gasteiger partial charge in [-0.2, -0.15) is 0 Å². The number of benzene rings is 2. The third kappa shape index (κ3) is 3.08. The molecule has 0 fully saturated rings. The summed E-state index contributed by atoms with van der Waals surface area (Å²) >= 11 is 11.4. The molecule has 1 N–H and O–H groups in total. The minimum absolute atomic E-state index is 0.104. The molecule has 1 aliphatic heterocycles. The highest BCUT2D eigenvalue weighted by atomic mass is 79.9. The van der Waals surface area contributed by atoms with Gasteiger partial charge in [0.25, 0.3) is 0 Å². The van der Waals surface area contributed by atoms with Gasteiger partial charge >= 0.3 is 0 Å². The minimum Gasteiger partial charge on any atom is -0.377 e. The number of aryl methyl sites for hydroxylation is 1. The third-order valence-corrected chi connectivity index (χ3v) is 5.83. The van der Waals surface area contributed by atoms with Gasteiger partial charge in [0.15, 0.2) is 0 Å². The normalized spacial score (nSPS) is 17.4. The summed E-state index contributed by atoms with van der Waals surface area (Å²) in [7, 11) is 0. The number of hydrogen-bond donors (Lipinski definition) is 1. The summed E-state index contributed by atoms with van der Waals surface area (Å²) in [6.45, 7) is 1.97. The van der Waals surface area contributed by atoms with E-state index in [0.29, 0.717) is 0 Å². The summed E-state index contributed by atoms with van der Waals surface area (Å²) in [5.41, 5.74) is 2.99. The van der Waals surface area contributed by atoms with Crippen molar-refractivity contribution in [2.75, 3.05) is 11.1 Å². The number of rotatable bonds is 2. The molecule has 0 aromatic heterocycles. The van der Waals surface area contributed by atoms with Crippen molar-refractivity contribution in [2.24, 2.45) is 0 Å². The minimum atomic E-state index is -0.134. The van der Waals surface area contributed by atoms with Crippen LogP contribution in [0.1, 0.15) is 23.6 Å². The molecule has 1 unspecified atom stereocenters. The van der Waals surface area contributed by atoms with Crippen molar-refractivity contribution in [1.82, 2.24) is 0 Å². The molecule has 0 radical (unpaired) electrons. The molecule has 0 saturated carbocycles. The number of thioether (sulfide) groups is 1. The molecule has 5 heteroatoms. The van der Waals surface area contributed by atoms with Gasteiger partial charge in [-0.05, 0) is 58.6 Å². The van der Waals surface area contributed by atoms with Crippen molar-refractivity contribution >= 4 is 45.0 Å². The molecule has 21 heavy (non-hydrogen) atoms. The second-order valence-electron chi connectivity index (χ2n) is 5.07. The van der Waals surface area contributed by atoms with Gasteiger partial charge in [-0.3, -0.25) is 0 Å². The van der Waals surface area contributed by atoms with E-state index in [4.69, 9.17) is 11.6 Å². The molecule has 1 nitrogen and oxygen atoms in total. The molecule has 3 rings (SSSR count). The second kappa shape index (κ2) is 6.19. The Morgan fingerprint density at radius 1 is 1.38 bits per heavy atom. The van der Waals surface area contributed by atoms with Crippen LogP contribution in [0.5, 0.6) is 0 Å². The highest BCUT2D eigenvalue weighted by Gasteiger charge is 2.23. The largest absolute Gasteiger partial charge is 0.377 e. The van der Waals surface area contributed by atoms with Gasteiger partial charge in [0.2, 0.25) is 0 Å². The number of halogens is 3. The maximum absolute atomic E-state index is 13.9. The van der Waals surface area contributed by atoms with E-state index in [1.54, 1.807) is 17.8 Å². The van der Waals surface area contributed by atoms with E-state index in [0.717, 1.165) is 43.4 Å². The zero-order valence-electron chi connectivity index (χ0n) is 11.4. The fraction of sp³-hybridized carbons (Fsp3) is 0.250. The second-order valence-corrected chi connectivity index (χ2v) is 7.44. The summed E-state index contributed by atoms with van der Waals surface area (Å²) in [4.78, 5) is 0.760. The van der Waals surface area contributed by atoms with E-state index < -0.39 is 0 Å². The van der Waals surface area contributed by atoms with Crippen LogP contribution in [-0.2, 0) is 0 Å². The van der Waals surface area contributed by atoms with Crippen molar-refractivity contribution in [3.63, 3.8) is 0 Å². The fourth-order valence-corrected chi connectivity index (χ4v) is 4.36. The van der Waals surface area contributed by atoms with E-state index in [1.165, 1.54) is 6.07 Å². The Bertz CT molecular complexity index is 692. The summed E-state index contributed by atoms with van der Waals surface area (Å²) in [5.74, 6) is 0.771. The Morgan fingerprint density at radius 3 is 3.00 bits per heavy atom. The lowest BCUT2D eigenvalue weighted by atomic mass is 10.0. The number of fused-ring (bicyclic) bond motifs is 1.